The molecule has 0 aliphatic carbocycles. The second-order valence-electron chi connectivity index (χ2n) is 4.21. The highest BCUT2D eigenvalue weighted by molar-refractivity contribution is 7.82. The van der Waals surface area contributed by atoms with Crippen LogP contribution in [0.25, 0.3) is 10.9 Å². The number of benzene rings is 1. The minimum atomic E-state index is -4.44. The summed E-state index contributed by atoms with van der Waals surface area (Å²) in [6, 6.07) is 6.17. The number of nitriles is 1. The average Bonchev–Trinajstić information content (AvgIpc) is 2.46. The number of nitrogens with one attached hydrogen (secondary N) is 1. The Morgan fingerprint density at radius 2 is 2.05 bits per heavy atom. The second kappa shape index (κ2) is 5.59. The number of H-pyrrole nitrogens is 1. The highest BCUT2D eigenvalue weighted by Crippen LogP contribution is 2.29. The van der Waals surface area contributed by atoms with E-state index in [9.17, 15) is 18.0 Å². The lowest BCUT2D eigenvalue weighted by molar-refractivity contribution is 0.101. The number of pyridine rings is 1. The van der Waals surface area contributed by atoms with Gasteiger partial charge in [0.25, 0.3) is 5.56 Å². The quantitative estimate of drug-likeness (QED) is 0.827. The lowest BCUT2D eigenvalue weighted by atomic mass is 10.1. The van der Waals surface area contributed by atoms with Gasteiger partial charge < -0.3 is 9.17 Å². The number of rotatable bonds is 4. The summed E-state index contributed by atoms with van der Waals surface area (Å²) in [4.78, 5) is 26.1. The summed E-state index contributed by atoms with van der Waals surface area (Å²) in [5.74, 6) is -1.16. The number of carbonyl (C=O) groups excluding carboxylic acids is 1. The Bertz CT molecular complexity index is 968. The summed E-state index contributed by atoms with van der Waals surface area (Å²) in [6.07, 6.45) is 0. The van der Waals surface area contributed by atoms with Crippen LogP contribution >= 0.6 is 0 Å². The molecule has 1 aromatic carbocycles. The number of nitrogens with zero attached hydrogens (tertiary/aromatic N) is 1. The van der Waals surface area contributed by atoms with E-state index < -0.39 is 33.1 Å². The third-order valence-corrected chi connectivity index (χ3v) is 3.64. The minimum absolute atomic E-state index is 0.0707. The van der Waals surface area contributed by atoms with Crippen LogP contribution in [-0.2, 0) is 14.6 Å². The standard InChI is InChI=1S/C13H10N2O6S/c1-7(16)10-12(21-22(18,19)20-2)9-5-3-4-8(6-14)11(9)15-13(10)17/h3-5H,1-2H3,(H,15,17). The van der Waals surface area contributed by atoms with Crippen molar-refractivity contribution < 1.29 is 21.6 Å². The van der Waals surface area contributed by atoms with Gasteiger partial charge in [-0.3, -0.25) is 9.59 Å². The van der Waals surface area contributed by atoms with Crippen molar-refractivity contribution in [3.05, 3.63) is 39.7 Å². The zero-order chi connectivity index (χ0) is 16.5. The largest absolute Gasteiger partial charge is 0.448 e. The number of hydrogen-bond donors (Lipinski definition) is 1. The molecular weight excluding hydrogens is 312 g/mol. The Hall–Kier alpha value is -2.70. The first-order valence-electron chi connectivity index (χ1n) is 5.90. The molecule has 8 nitrogen and oxygen atoms in total. The van der Waals surface area contributed by atoms with Crippen molar-refractivity contribution in [2.75, 3.05) is 7.11 Å². The van der Waals surface area contributed by atoms with E-state index in [-0.39, 0.29) is 16.5 Å². The Morgan fingerprint density at radius 3 is 2.59 bits per heavy atom. The summed E-state index contributed by atoms with van der Waals surface area (Å²) in [5, 5.41) is 9.15. The third kappa shape index (κ3) is 2.69. The topological polar surface area (TPSA) is 126 Å². The van der Waals surface area contributed by atoms with Gasteiger partial charge in [0.15, 0.2) is 11.5 Å². The first-order chi connectivity index (χ1) is 10.3. The van der Waals surface area contributed by atoms with Gasteiger partial charge in [-0.15, -0.1) is 0 Å². The van der Waals surface area contributed by atoms with E-state index in [0.717, 1.165) is 14.0 Å². The van der Waals surface area contributed by atoms with Crippen molar-refractivity contribution in [1.82, 2.24) is 4.98 Å². The molecule has 0 atom stereocenters. The van der Waals surface area contributed by atoms with Crippen LogP contribution < -0.4 is 9.74 Å². The maximum atomic E-state index is 12.0. The van der Waals surface area contributed by atoms with E-state index in [1.54, 1.807) is 0 Å². The van der Waals surface area contributed by atoms with Crippen LogP contribution in [0.2, 0.25) is 0 Å². The summed E-state index contributed by atoms with van der Waals surface area (Å²) >= 11 is 0. The molecule has 0 saturated carbocycles. The molecule has 0 amide bonds. The van der Waals surface area contributed by atoms with Crippen LogP contribution in [0.4, 0.5) is 0 Å². The van der Waals surface area contributed by atoms with Gasteiger partial charge in [0.2, 0.25) is 0 Å². The molecule has 0 radical (unpaired) electrons. The molecule has 0 spiro atoms. The molecule has 0 aliphatic heterocycles. The van der Waals surface area contributed by atoms with Gasteiger partial charge in [0, 0.05) is 5.39 Å². The molecule has 2 rings (SSSR count). The number of carbonyl (C=O) groups is 1. The van der Waals surface area contributed by atoms with E-state index in [2.05, 4.69) is 9.17 Å². The number of para-hydroxylation sites is 1. The van der Waals surface area contributed by atoms with Gasteiger partial charge in [0.05, 0.1) is 18.2 Å². The van der Waals surface area contributed by atoms with Crippen LogP contribution in [0.1, 0.15) is 22.8 Å². The van der Waals surface area contributed by atoms with Crippen molar-refractivity contribution in [2.24, 2.45) is 0 Å². The van der Waals surface area contributed by atoms with Gasteiger partial charge in [-0.2, -0.15) is 13.7 Å². The number of aromatic nitrogens is 1. The van der Waals surface area contributed by atoms with E-state index in [4.69, 9.17) is 9.44 Å². The second-order valence-corrected chi connectivity index (χ2v) is 5.53. The number of hydrogen-bond acceptors (Lipinski definition) is 7. The maximum absolute atomic E-state index is 12.0. The fourth-order valence-corrected chi connectivity index (χ4v) is 2.37. The van der Waals surface area contributed by atoms with Crippen molar-refractivity contribution >= 4 is 27.1 Å². The van der Waals surface area contributed by atoms with E-state index in [1.165, 1.54) is 18.2 Å². The van der Waals surface area contributed by atoms with Gasteiger partial charge in [-0.1, -0.05) is 6.07 Å². The smallest absolute Gasteiger partial charge is 0.360 e. The fraction of sp³-hybridized carbons (Fsp3) is 0.154. The summed E-state index contributed by atoms with van der Waals surface area (Å²) in [7, 11) is -3.57. The molecule has 0 unspecified atom stereocenters. The van der Waals surface area contributed by atoms with Crippen LogP contribution in [-0.4, -0.2) is 26.3 Å². The Labute approximate surface area is 125 Å². The lowest BCUT2D eigenvalue weighted by Crippen LogP contribution is -2.21. The lowest BCUT2D eigenvalue weighted by Gasteiger charge is -2.11. The molecule has 1 heterocycles. The molecule has 0 bridgehead atoms. The fourth-order valence-electron chi connectivity index (χ4n) is 1.93. The molecule has 0 fully saturated rings. The van der Waals surface area contributed by atoms with Crippen molar-refractivity contribution in [3.63, 3.8) is 0 Å². The molecule has 22 heavy (non-hydrogen) atoms. The molecular formula is C13H10N2O6S. The average molecular weight is 322 g/mol. The first-order valence-corrected chi connectivity index (χ1v) is 7.24. The normalized spacial score (nSPS) is 11.1. The number of Topliss-reactive ketones (excluding diaryl/α,β-unsaturated/α-hetero) is 1. The molecule has 2 aromatic rings. The molecule has 114 valence electrons. The first kappa shape index (κ1) is 15.7. The van der Waals surface area contributed by atoms with Gasteiger partial charge in [-0.05, 0) is 19.1 Å². The molecule has 0 saturated heterocycles. The zero-order valence-electron chi connectivity index (χ0n) is 11.5. The van der Waals surface area contributed by atoms with Crippen molar-refractivity contribution in [1.29, 1.82) is 5.26 Å². The molecule has 1 N–H and O–H groups in total. The van der Waals surface area contributed by atoms with Gasteiger partial charge in [0.1, 0.15) is 11.6 Å². The van der Waals surface area contributed by atoms with E-state index in [0.29, 0.717) is 0 Å². The monoisotopic (exact) mass is 322 g/mol. The molecule has 1 aromatic heterocycles. The Kier molecular flexibility index (Phi) is 3.99. The maximum Gasteiger partial charge on any atom is 0.448 e. The van der Waals surface area contributed by atoms with Gasteiger partial charge >= 0.3 is 10.4 Å². The summed E-state index contributed by atoms with van der Waals surface area (Å²) in [5.41, 5.74) is -1.15. The summed E-state index contributed by atoms with van der Waals surface area (Å²) < 4.78 is 32.0. The van der Waals surface area contributed by atoms with Crippen molar-refractivity contribution in [3.8, 4) is 11.8 Å². The SMILES string of the molecule is COS(=O)(=O)Oc1c(C(C)=O)c(=O)[nH]c2c(C#N)cccc12. The van der Waals surface area contributed by atoms with Crippen molar-refractivity contribution in [2.45, 2.75) is 6.92 Å². The molecule has 0 aliphatic rings. The predicted molar refractivity (Wildman–Crippen MR) is 75.8 cm³/mol. The third-order valence-electron chi connectivity index (χ3n) is 2.86. The number of aromatic amines is 1. The Morgan fingerprint density at radius 1 is 1.36 bits per heavy atom. The highest BCUT2D eigenvalue weighted by atomic mass is 32.3. The highest BCUT2D eigenvalue weighted by Gasteiger charge is 2.24. The Balaban J connectivity index is 2.97. The van der Waals surface area contributed by atoms with Crippen LogP contribution in [0.15, 0.2) is 23.0 Å². The van der Waals surface area contributed by atoms with E-state index >= 15 is 0 Å². The van der Waals surface area contributed by atoms with Crippen LogP contribution in [0, 0.1) is 11.3 Å². The minimum Gasteiger partial charge on any atom is -0.360 e. The molecule has 9 heteroatoms. The van der Waals surface area contributed by atoms with Gasteiger partial charge in [-0.25, -0.2) is 4.18 Å². The van der Waals surface area contributed by atoms with E-state index in [1.807, 2.05) is 6.07 Å². The van der Waals surface area contributed by atoms with Crippen LogP contribution in [0.5, 0.6) is 5.75 Å². The number of fused-ring (bicyclic) bond motifs is 1. The number of ketones is 1. The zero-order valence-corrected chi connectivity index (χ0v) is 12.4. The summed E-state index contributed by atoms with van der Waals surface area (Å²) in [6.45, 7) is 1.09. The van der Waals surface area contributed by atoms with Crippen LogP contribution in [0.3, 0.4) is 0 Å². The predicted octanol–water partition coefficient (Wildman–Crippen LogP) is 0.872.